The number of hydrogen-bond donors (Lipinski definition) is 0. The van der Waals surface area contributed by atoms with Gasteiger partial charge in [0.25, 0.3) is 0 Å². The second-order valence-corrected chi connectivity index (χ2v) is 5.07. The fourth-order valence-corrected chi connectivity index (χ4v) is 1.70. The molecule has 1 aromatic rings. The van der Waals surface area contributed by atoms with E-state index in [0.29, 0.717) is 10.8 Å². The molecule has 0 unspecified atom stereocenters. The highest BCUT2D eigenvalue weighted by molar-refractivity contribution is 6.32. The Labute approximate surface area is 119 Å². The van der Waals surface area contributed by atoms with E-state index in [0.717, 1.165) is 18.4 Å². The molecule has 0 fully saturated rings. The summed E-state index contributed by atoms with van der Waals surface area (Å²) in [4.78, 5) is 11.7. The van der Waals surface area contributed by atoms with Crippen molar-refractivity contribution in [2.75, 3.05) is 0 Å². The van der Waals surface area contributed by atoms with Gasteiger partial charge in [0.05, 0.1) is 5.02 Å². The molecule has 2 nitrogen and oxygen atoms in total. The lowest BCUT2D eigenvalue weighted by atomic mass is 10.1. The Bertz CT molecular complexity index is 497. The number of ether oxygens (including phenoxy) is 1. The molecule has 1 rings (SSSR count). The molecule has 0 aromatic heterocycles. The van der Waals surface area contributed by atoms with Gasteiger partial charge in [0, 0.05) is 6.08 Å². The van der Waals surface area contributed by atoms with Crippen LogP contribution in [0.3, 0.4) is 0 Å². The summed E-state index contributed by atoms with van der Waals surface area (Å²) in [5.41, 5.74) is 2.28. The number of esters is 1. The molecule has 3 heteroatoms. The fourth-order valence-electron chi connectivity index (χ4n) is 1.53. The molecule has 0 saturated heterocycles. The van der Waals surface area contributed by atoms with Crippen LogP contribution in [0.25, 0.3) is 0 Å². The lowest BCUT2D eigenvalue weighted by molar-refractivity contribution is -0.129. The van der Waals surface area contributed by atoms with Crippen LogP contribution in [0.4, 0.5) is 0 Å². The van der Waals surface area contributed by atoms with Crippen molar-refractivity contribution in [1.29, 1.82) is 0 Å². The summed E-state index contributed by atoms with van der Waals surface area (Å²) >= 11 is 5.92. The average molecular weight is 279 g/mol. The van der Waals surface area contributed by atoms with Crippen LogP contribution in [0.15, 0.2) is 47.6 Å². The summed E-state index contributed by atoms with van der Waals surface area (Å²) in [5, 5.41) is 0.437. The molecule has 102 valence electrons. The topological polar surface area (TPSA) is 26.3 Å². The number of benzene rings is 1. The Morgan fingerprint density at radius 1 is 1.26 bits per heavy atom. The zero-order valence-corrected chi connectivity index (χ0v) is 12.3. The minimum absolute atomic E-state index is 0.386. The van der Waals surface area contributed by atoms with E-state index < -0.39 is 0 Å². The van der Waals surface area contributed by atoms with Gasteiger partial charge in [0.1, 0.15) is 5.75 Å². The zero-order chi connectivity index (χ0) is 14.3. The van der Waals surface area contributed by atoms with Crippen LogP contribution in [-0.4, -0.2) is 5.97 Å². The molecule has 0 aliphatic heterocycles. The molecule has 0 atom stereocenters. The minimum Gasteiger partial charge on any atom is -0.422 e. The molecule has 0 N–H and O–H groups in total. The van der Waals surface area contributed by atoms with Gasteiger partial charge in [-0.2, -0.15) is 0 Å². The molecular formula is C16H19ClO2. The van der Waals surface area contributed by atoms with Gasteiger partial charge in [0.2, 0.25) is 0 Å². The third kappa shape index (κ3) is 6.25. The first kappa shape index (κ1) is 15.5. The third-order valence-electron chi connectivity index (χ3n) is 2.50. The summed E-state index contributed by atoms with van der Waals surface area (Å²) in [6, 6.07) is 6.93. The van der Waals surface area contributed by atoms with Crippen LogP contribution in [0.1, 0.15) is 33.6 Å². The number of allylic oxidation sites excluding steroid dienone is 3. The molecule has 0 amide bonds. The number of halogens is 1. The van der Waals surface area contributed by atoms with E-state index >= 15 is 0 Å². The van der Waals surface area contributed by atoms with Gasteiger partial charge in [-0.1, -0.05) is 41.0 Å². The van der Waals surface area contributed by atoms with Crippen molar-refractivity contribution < 1.29 is 9.53 Å². The largest absolute Gasteiger partial charge is 0.422 e. The Hall–Kier alpha value is -1.54. The quantitative estimate of drug-likeness (QED) is 0.330. The first-order valence-corrected chi connectivity index (χ1v) is 6.63. The zero-order valence-electron chi connectivity index (χ0n) is 11.6. The number of rotatable bonds is 5. The summed E-state index contributed by atoms with van der Waals surface area (Å²) in [5.74, 6) is 0.00492. The Morgan fingerprint density at radius 3 is 2.58 bits per heavy atom. The monoisotopic (exact) mass is 278 g/mol. The molecule has 0 radical (unpaired) electrons. The van der Waals surface area contributed by atoms with Gasteiger partial charge in [-0.25, -0.2) is 4.79 Å². The van der Waals surface area contributed by atoms with E-state index in [4.69, 9.17) is 16.3 Å². The second-order valence-electron chi connectivity index (χ2n) is 4.66. The van der Waals surface area contributed by atoms with E-state index in [1.54, 1.807) is 24.3 Å². The highest BCUT2D eigenvalue weighted by Crippen LogP contribution is 2.23. The fraction of sp³-hybridized carbons (Fsp3) is 0.312. The second kappa shape index (κ2) is 7.80. The van der Waals surface area contributed by atoms with Gasteiger partial charge in [-0.3, -0.25) is 0 Å². The van der Waals surface area contributed by atoms with Crippen molar-refractivity contribution in [3.63, 3.8) is 0 Å². The Morgan fingerprint density at radius 2 is 1.95 bits per heavy atom. The highest BCUT2D eigenvalue weighted by Gasteiger charge is 2.05. The van der Waals surface area contributed by atoms with E-state index in [9.17, 15) is 4.79 Å². The molecular weight excluding hydrogens is 260 g/mol. The Kier molecular flexibility index (Phi) is 6.37. The number of para-hydroxylation sites is 1. The van der Waals surface area contributed by atoms with Gasteiger partial charge in [0.15, 0.2) is 0 Å². The van der Waals surface area contributed by atoms with Crippen molar-refractivity contribution in [2.24, 2.45) is 0 Å². The molecule has 0 aliphatic rings. The van der Waals surface area contributed by atoms with Crippen molar-refractivity contribution in [1.82, 2.24) is 0 Å². The van der Waals surface area contributed by atoms with Crippen molar-refractivity contribution in [2.45, 2.75) is 33.6 Å². The lowest BCUT2D eigenvalue weighted by Crippen LogP contribution is -2.05. The lowest BCUT2D eigenvalue weighted by Gasteiger charge is -2.04. The number of hydrogen-bond acceptors (Lipinski definition) is 2. The minimum atomic E-state index is -0.386. The van der Waals surface area contributed by atoms with Crippen LogP contribution in [-0.2, 0) is 4.79 Å². The van der Waals surface area contributed by atoms with E-state index in [2.05, 4.69) is 19.9 Å². The van der Waals surface area contributed by atoms with Gasteiger partial charge >= 0.3 is 5.97 Å². The van der Waals surface area contributed by atoms with Crippen LogP contribution in [0, 0.1) is 0 Å². The van der Waals surface area contributed by atoms with Gasteiger partial charge < -0.3 is 4.74 Å². The Balaban J connectivity index is 2.54. The SMILES string of the molecule is CC(C)=CCC/C(C)=C/C(=O)Oc1ccccc1Cl. The maximum absolute atomic E-state index is 11.7. The molecule has 0 heterocycles. The molecule has 0 bridgehead atoms. The first-order valence-electron chi connectivity index (χ1n) is 6.26. The summed E-state index contributed by atoms with van der Waals surface area (Å²) in [6.07, 6.45) is 5.45. The summed E-state index contributed by atoms with van der Waals surface area (Å²) < 4.78 is 5.18. The van der Waals surface area contributed by atoms with Crippen LogP contribution in [0.2, 0.25) is 5.02 Å². The standard InChI is InChI=1S/C16H19ClO2/c1-12(2)7-6-8-13(3)11-16(18)19-15-10-5-4-9-14(15)17/h4-5,7,9-11H,6,8H2,1-3H3/b13-11+. The molecule has 19 heavy (non-hydrogen) atoms. The first-order chi connectivity index (χ1) is 8.99. The maximum Gasteiger partial charge on any atom is 0.336 e. The molecule has 0 aliphatic carbocycles. The van der Waals surface area contributed by atoms with E-state index in [-0.39, 0.29) is 5.97 Å². The normalized spacial score (nSPS) is 11.1. The van der Waals surface area contributed by atoms with Crippen LogP contribution < -0.4 is 4.74 Å². The summed E-state index contributed by atoms with van der Waals surface area (Å²) in [6.45, 7) is 6.04. The maximum atomic E-state index is 11.7. The van der Waals surface area contributed by atoms with Crippen molar-refractivity contribution in [3.8, 4) is 5.75 Å². The van der Waals surface area contributed by atoms with Crippen LogP contribution >= 0.6 is 11.6 Å². The van der Waals surface area contributed by atoms with E-state index in [1.807, 2.05) is 6.92 Å². The highest BCUT2D eigenvalue weighted by atomic mass is 35.5. The number of carbonyl (C=O) groups excluding carboxylic acids is 1. The predicted octanol–water partition coefficient (Wildman–Crippen LogP) is 4.94. The predicted molar refractivity (Wildman–Crippen MR) is 79.5 cm³/mol. The van der Waals surface area contributed by atoms with Crippen molar-refractivity contribution >= 4 is 17.6 Å². The summed E-state index contributed by atoms with van der Waals surface area (Å²) in [7, 11) is 0. The third-order valence-corrected chi connectivity index (χ3v) is 2.81. The van der Waals surface area contributed by atoms with Crippen molar-refractivity contribution in [3.05, 3.63) is 52.6 Å². The van der Waals surface area contributed by atoms with E-state index in [1.165, 1.54) is 11.6 Å². The number of carbonyl (C=O) groups is 1. The molecule has 0 spiro atoms. The van der Waals surface area contributed by atoms with Crippen LogP contribution in [0.5, 0.6) is 5.75 Å². The smallest absolute Gasteiger partial charge is 0.336 e. The molecule has 0 saturated carbocycles. The van der Waals surface area contributed by atoms with Gasteiger partial charge in [-0.05, 0) is 45.7 Å². The van der Waals surface area contributed by atoms with Gasteiger partial charge in [-0.15, -0.1) is 0 Å². The molecule has 1 aromatic carbocycles. The average Bonchev–Trinajstić information content (AvgIpc) is 2.31.